The van der Waals surface area contributed by atoms with Crippen LogP contribution in [0.4, 0.5) is 10.5 Å². The number of alkyl carbamates (subject to hydrolysis) is 1. The lowest BCUT2D eigenvalue weighted by Gasteiger charge is -2.07. The molecule has 6 nitrogen and oxygen atoms in total. The molecule has 1 N–H and O–H groups in total. The smallest absolute Gasteiger partial charge is 0.407 e. The first-order chi connectivity index (χ1) is 7.58. The number of halogens is 1. The molecule has 1 aliphatic rings. The molecule has 0 saturated carbocycles. The van der Waals surface area contributed by atoms with Crippen LogP contribution >= 0.6 is 11.6 Å². The first kappa shape index (κ1) is 10.7. The summed E-state index contributed by atoms with van der Waals surface area (Å²) in [5, 5.41) is 13.3. The Bertz CT molecular complexity index is 463. The predicted molar refractivity (Wildman–Crippen MR) is 55.3 cm³/mol. The summed E-state index contributed by atoms with van der Waals surface area (Å²) in [6, 6.07) is 4.03. The summed E-state index contributed by atoms with van der Waals surface area (Å²) in [5.41, 5.74) is 0.419. The SMILES string of the molecule is O=C1N[C@H](c2ccc(Cl)c([N+](=O)[O-])c2)CO1. The summed E-state index contributed by atoms with van der Waals surface area (Å²) >= 11 is 5.67. The first-order valence-electron chi connectivity index (χ1n) is 4.45. The second kappa shape index (κ2) is 3.97. The van der Waals surface area contributed by atoms with Crippen LogP contribution in [-0.2, 0) is 4.74 Å². The van der Waals surface area contributed by atoms with Crippen molar-refractivity contribution in [2.24, 2.45) is 0 Å². The molecule has 16 heavy (non-hydrogen) atoms. The number of carbonyl (C=O) groups excluding carboxylic acids is 1. The molecule has 1 heterocycles. The summed E-state index contributed by atoms with van der Waals surface area (Å²) in [5.74, 6) is 0. The zero-order valence-corrected chi connectivity index (χ0v) is 8.73. The molecule has 0 aliphatic carbocycles. The van der Waals surface area contributed by atoms with E-state index in [1.807, 2.05) is 0 Å². The maximum atomic E-state index is 10.8. The van der Waals surface area contributed by atoms with Crippen LogP contribution in [0.2, 0.25) is 5.02 Å². The fourth-order valence-corrected chi connectivity index (χ4v) is 1.64. The number of nitro benzene ring substituents is 1. The first-order valence-corrected chi connectivity index (χ1v) is 4.83. The predicted octanol–water partition coefficient (Wildman–Crippen LogP) is 2.03. The lowest BCUT2D eigenvalue weighted by molar-refractivity contribution is -0.384. The third-order valence-electron chi connectivity index (χ3n) is 2.24. The van der Waals surface area contributed by atoms with E-state index in [4.69, 9.17) is 16.3 Å². The van der Waals surface area contributed by atoms with E-state index in [0.29, 0.717) is 5.56 Å². The number of ether oxygens (including phenoxy) is 1. The Labute approximate surface area is 95.3 Å². The maximum Gasteiger partial charge on any atom is 0.407 e. The number of hydrogen-bond donors (Lipinski definition) is 1. The fourth-order valence-electron chi connectivity index (χ4n) is 1.45. The number of nitrogens with one attached hydrogen (secondary N) is 1. The molecule has 1 aromatic rings. The molecule has 1 aromatic carbocycles. The van der Waals surface area contributed by atoms with Crippen LogP contribution in [0.5, 0.6) is 0 Å². The molecule has 84 valence electrons. The molecule has 1 fully saturated rings. The van der Waals surface area contributed by atoms with Gasteiger partial charge in [0, 0.05) is 6.07 Å². The van der Waals surface area contributed by atoms with E-state index in [-0.39, 0.29) is 23.4 Å². The molecular formula is C9H7ClN2O4. The molecule has 1 atom stereocenters. The maximum absolute atomic E-state index is 10.8. The van der Waals surface area contributed by atoms with E-state index in [9.17, 15) is 14.9 Å². The van der Waals surface area contributed by atoms with Crippen molar-refractivity contribution in [2.75, 3.05) is 6.61 Å². The molecule has 0 bridgehead atoms. The van der Waals surface area contributed by atoms with Crippen molar-refractivity contribution in [3.8, 4) is 0 Å². The van der Waals surface area contributed by atoms with Crippen LogP contribution in [0.15, 0.2) is 18.2 Å². The Kier molecular flexibility index (Phi) is 2.66. The molecular weight excluding hydrogens is 236 g/mol. The van der Waals surface area contributed by atoms with E-state index < -0.39 is 11.0 Å². The van der Waals surface area contributed by atoms with Gasteiger partial charge in [-0.1, -0.05) is 17.7 Å². The van der Waals surface area contributed by atoms with Gasteiger partial charge in [0.25, 0.3) is 5.69 Å². The average molecular weight is 243 g/mol. The van der Waals surface area contributed by atoms with Crippen molar-refractivity contribution in [1.29, 1.82) is 0 Å². The van der Waals surface area contributed by atoms with Crippen molar-refractivity contribution in [2.45, 2.75) is 6.04 Å². The van der Waals surface area contributed by atoms with Crippen LogP contribution < -0.4 is 5.32 Å². The second-order valence-corrected chi connectivity index (χ2v) is 3.67. The van der Waals surface area contributed by atoms with Gasteiger partial charge in [-0.15, -0.1) is 0 Å². The summed E-state index contributed by atoms with van der Waals surface area (Å²) in [7, 11) is 0. The Morgan fingerprint density at radius 3 is 2.88 bits per heavy atom. The van der Waals surface area contributed by atoms with Crippen molar-refractivity contribution in [3.63, 3.8) is 0 Å². The van der Waals surface area contributed by atoms with Gasteiger partial charge in [0.1, 0.15) is 11.6 Å². The van der Waals surface area contributed by atoms with E-state index in [2.05, 4.69) is 5.32 Å². The number of benzene rings is 1. The Balaban J connectivity index is 2.32. The number of nitro groups is 1. The zero-order chi connectivity index (χ0) is 11.7. The molecule has 1 aliphatic heterocycles. The molecule has 0 spiro atoms. The van der Waals surface area contributed by atoms with Crippen LogP contribution in [0.3, 0.4) is 0 Å². The van der Waals surface area contributed by atoms with Gasteiger partial charge < -0.3 is 10.1 Å². The fraction of sp³-hybridized carbons (Fsp3) is 0.222. The molecule has 0 aromatic heterocycles. The van der Waals surface area contributed by atoms with Gasteiger partial charge >= 0.3 is 6.09 Å². The minimum atomic E-state index is -0.566. The van der Waals surface area contributed by atoms with Crippen LogP contribution in [-0.4, -0.2) is 17.6 Å². The summed E-state index contributed by atoms with van der Waals surface area (Å²) in [4.78, 5) is 20.9. The number of hydrogen-bond acceptors (Lipinski definition) is 4. The number of rotatable bonds is 2. The monoisotopic (exact) mass is 242 g/mol. The highest BCUT2D eigenvalue weighted by Gasteiger charge is 2.25. The normalized spacial score (nSPS) is 19.1. The highest BCUT2D eigenvalue weighted by atomic mass is 35.5. The highest BCUT2D eigenvalue weighted by molar-refractivity contribution is 6.32. The molecule has 1 saturated heterocycles. The number of nitrogens with zero attached hydrogens (tertiary/aromatic N) is 1. The van der Waals surface area contributed by atoms with Crippen molar-refractivity contribution < 1.29 is 14.5 Å². The van der Waals surface area contributed by atoms with Gasteiger partial charge in [0.05, 0.1) is 11.0 Å². The lowest BCUT2D eigenvalue weighted by atomic mass is 10.1. The Morgan fingerprint density at radius 2 is 2.31 bits per heavy atom. The van der Waals surface area contributed by atoms with Gasteiger partial charge in [-0.3, -0.25) is 10.1 Å². The highest BCUT2D eigenvalue weighted by Crippen LogP contribution is 2.28. The lowest BCUT2D eigenvalue weighted by Crippen LogP contribution is -2.18. The van der Waals surface area contributed by atoms with Crippen molar-refractivity contribution in [1.82, 2.24) is 5.32 Å². The van der Waals surface area contributed by atoms with Crippen LogP contribution in [0.1, 0.15) is 11.6 Å². The average Bonchev–Trinajstić information content (AvgIpc) is 2.65. The molecule has 0 unspecified atom stereocenters. The van der Waals surface area contributed by atoms with E-state index >= 15 is 0 Å². The topological polar surface area (TPSA) is 81.5 Å². The zero-order valence-electron chi connectivity index (χ0n) is 7.97. The van der Waals surface area contributed by atoms with E-state index in [1.165, 1.54) is 12.1 Å². The quantitative estimate of drug-likeness (QED) is 0.635. The standard InChI is InChI=1S/C9H7ClN2O4/c10-6-2-1-5(3-8(6)12(14)15)7-4-16-9(13)11-7/h1-3,7H,4H2,(H,11,13)/t7-/m0/s1. The van der Waals surface area contributed by atoms with E-state index in [0.717, 1.165) is 0 Å². The molecule has 1 amide bonds. The summed E-state index contributed by atoms with van der Waals surface area (Å²) in [6.45, 7) is 0.164. The Hall–Kier alpha value is -1.82. The minimum absolute atomic E-state index is 0.0685. The molecule has 0 radical (unpaired) electrons. The third-order valence-corrected chi connectivity index (χ3v) is 2.56. The number of carbonyl (C=O) groups is 1. The van der Waals surface area contributed by atoms with E-state index in [1.54, 1.807) is 6.07 Å². The van der Waals surface area contributed by atoms with Crippen molar-refractivity contribution in [3.05, 3.63) is 38.9 Å². The van der Waals surface area contributed by atoms with Gasteiger partial charge in [-0.25, -0.2) is 4.79 Å². The molecule has 7 heteroatoms. The number of amides is 1. The van der Waals surface area contributed by atoms with Gasteiger partial charge in [-0.2, -0.15) is 0 Å². The summed E-state index contributed by atoms with van der Waals surface area (Å²) < 4.78 is 4.70. The molecule has 2 rings (SSSR count). The third kappa shape index (κ3) is 1.92. The summed E-state index contributed by atoms with van der Waals surface area (Å²) in [6.07, 6.45) is -0.525. The Morgan fingerprint density at radius 1 is 1.56 bits per heavy atom. The number of cyclic esters (lactones) is 1. The van der Waals surface area contributed by atoms with Gasteiger partial charge in [0.15, 0.2) is 0 Å². The van der Waals surface area contributed by atoms with Crippen LogP contribution in [0.25, 0.3) is 0 Å². The minimum Gasteiger partial charge on any atom is -0.447 e. The van der Waals surface area contributed by atoms with Gasteiger partial charge in [-0.05, 0) is 11.6 Å². The van der Waals surface area contributed by atoms with Crippen LogP contribution in [0, 0.1) is 10.1 Å². The second-order valence-electron chi connectivity index (χ2n) is 3.26. The largest absolute Gasteiger partial charge is 0.447 e. The van der Waals surface area contributed by atoms with Crippen molar-refractivity contribution >= 4 is 23.4 Å². The van der Waals surface area contributed by atoms with Gasteiger partial charge in [0.2, 0.25) is 0 Å².